The molecule has 0 aliphatic heterocycles. The van der Waals surface area contributed by atoms with Crippen molar-refractivity contribution in [2.75, 3.05) is 0 Å². The van der Waals surface area contributed by atoms with Crippen LogP contribution in [-0.2, 0) is 10.3 Å². The smallest absolute Gasteiger partial charge is 0.402 e. The SMILES string of the molecule is OB(O)OC(c1cccc(-c2c(F)c(F)c(F)c(F)c2F)c1-c1c(F)c(F)c(F)c(F)c1F)(c1c(F)c(F)c(F)c(F)c1F)c1c(F)c(F)c(F)c(F)c1F. The summed E-state index contributed by atoms with van der Waals surface area (Å²) < 4.78 is 304. The van der Waals surface area contributed by atoms with E-state index in [9.17, 15) is 62.7 Å². The number of benzene rings is 5. The lowest BCUT2D eigenvalue weighted by atomic mass is 9.73. The maximum absolute atomic E-state index is 15.8. The van der Waals surface area contributed by atoms with E-state index in [1.807, 2.05) is 0 Å². The van der Waals surface area contributed by atoms with Crippen molar-refractivity contribution in [2.45, 2.75) is 5.60 Å². The van der Waals surface area contributed by atoms with Gasteiger partial charge in [0.05, 0.1) is 22.3 Å². The second-order valence-electron chi connectivity index (χ2n) is 10.6. The Hall–Kier alpha value is -5.36. The van der Waals surface area contributed by atoms with Crippen LogP contribution >= 0.6 is 0 Å². The first-order valence-electron chi connectivity index (χ1n) is 13.7. The van der Waals surface area contributed by atoms with Gasteiger partial charge < -0.3 is 14.7 Å². The summed E-state index contributed by atoms with van der Waals surface area (Å²) in [6, 6.07) is -0.466. The molecule has 5 aromatic rings. The molecule has 0 bridgehead atoms. The molecule has 0 fully saturated rings. The van der Waals surface area contributed by atoms with Gasteiger partial charge in [0, 0.05) is 11.1 Å². The normalized spacial score (nSPS) is 11.9. The molecule has 2 N–H and O–H groups in total. The average molecular weight is 816 g/mol. The molecule has 55 heavy (non-hydrogen) atoms. The molecule has 0 amide bonds. The standard InChI is InChI=1S/C31H5BF20O3/c33-11-7(12(34)20(42)27(49)19(11)41)4-2-1-3-5(6(4)8-13(35)21(43)28(50)22(44)14(8)36)31(55-32(53)54,9-15(37)23(45)29(51)24(46)16(9)38)10-17(39)25(47)30(52)26(48)18(10)40/h1-3,53-54H. The highest BCUT2D eigenvalue weighted by Crippen LogP contribution is 2.53. The van der Waals surface area contributed by atoms with Crippen LogP contribution in [0.15, 0.2) is 18.2 Å². The third-order valence-electron chi connectivity index (χ3n) is 7.79. The van der Waals surface area contributed by atoms with Gasteiger partial charge in [0.15, 0.2) is 93.1 Å². The van der Waals surface area contributed by atoms with E-state index in [0.717, 1.165) is 0 Å². The zero-order chi connectivity index (χ0) is 41.5. The van der Waals surface area contributed by atoms with Gasteiger partial charge in [-0.2, -0.15) is 0 Å². The van der Waals surface area contributed by atoms with E-state index in [1.54, 1.807) is 0 Å². The van der Waals surface area contributed by atoms with E-state index in [4.69, 9.17) is 0 Å². The highest BCUT2D eigenvalue weighted by Gasteiger charge is 2.54. The predicted octanol–water partition coefficient (Wildman–Crippen LogP) is 9.08. The highest BCUT2D eigenvalue weighted by atomic mass is 19.2. The maximum Gasteiger partial charge on any atom is 0.635 e. The Morgan fingerprint density at radius 1 is 0.345 bits per heavy atom. The quantitative estimate of drug-likeness (QED) is 0.0567. The summed E-state index contributed by atoms with van der Waals surface area (Å²) in [7, 11) is -4.13. The Bertz CT molecular complexity index is 2290. The van der Waals surface area contributed by atoms with Crippen LogP contribution in [0.5, 0.6) is 0 Å². The Labute approximate surface area is 289 Å². The molecule has 0 atom stereocenters. The van der Waals surface area contributed by atoms with Crippen LogP contribution in [-0.4, -0.2) is 17.4 Å². The lowest BCUT2D eigenvalue weighted by Crippen LogP contribution is -2.44. The molecule has 3 nitrogen and oxygen atoms in total. The topological polar surface area (TPSA) is 49.7 Å². The minimum atomic E-state index is -5.41. The van der Waals surface area contributed by atoms with Gasteiger partial charge in [-0.3, -0.25) is 0 Å². The third kappa shape index (κ3) is 5.75. The first-order valence-corrected chi connectivity index (χ1v) is 13.7. The van der Waals surface area contributed by atoms with Crippen molar-refractivity contribution < 1.29 is 103 Å². The summed E-state index contributed by atoms with van der Waals surface area (Å²) in [6.07, 6.45) is 0. The Morgan fingerprint density at radius 3 is 0.927 bits per heavy atom. The number of rotatable bonds is 7. The molecular formula is C31H5BF20O3. The summed E-state index contributed by atoms with van der Waals surface area (Å²) in [5.41, 5.74) is -24.6. The van der Waals surface area contributed by atoms with Crippen molar-refractivity contribution in [3.05, 3.63) is 151 Å². The number of hydrogen-bond acceptors (Lipinski definition) is 3. The molecule has 0 heterocycles. The van der Waals surface area contributed by atoms with E-state index in [2.05, 4.69) is 4.65 Å². The van der Waals surface area contributed by atoms with E-state index < -0.39 is 168 Å². The van der Waals surface area contributed by atoms with Crippen LogP contribution in [0.3, 0.4) is 0 Å². The van der Waals surface area contributed by atoms with Gasteiger partial charge in [0.1, 0.15) is 5.60 Å². The fraction of sp³-hybridized carbons (Fsp3) is 0.0323. The van der Waals surface area contributed by atoms with Crippen molar-refractivity contribution in [3.8, 4) is 22.3 Å². The largest absolute Gasteiger partial charge is 0.635 e. The van der Waals surface area contributed by atoms with E-state index in [1.165, 1.54) is 0 Å². The maximum atomic E-state index is 15.8. The summed E-state index contributed by atoms with van der Waals surface area (Å²) in [6.45, 7) is 0. The zero-order valence-electron chi connectivity index (χ0n) is 25.2. The molecule has 0 aromatic heterocycles. The molecule has 0 aliphatic carbocycles. The summed E-state index contributed by atoms with van der Waals surface area (Å²) in [5, 5.41) is 19.7. The van der Waals surface area contributed by atoms with Gasteiger partial charge in [-0.05, 0) is 5.56 Å². The first-order chi connectivity index (χ1) is 25.5. The lowest BCUT2D eigenvalue weighted by Gasteiger charge is -2.38. The molecule has 0 spiro atoms. The van der Waals surface area contributed by atoms with E-state index >= 15 is 35.1 Å². The molecule has 0 saturated heterocycles. The first kappa shape index (κ1) is 40.8. The molecule has 290 valence electrons. The Morgan fingerprint density at radius 2 is 0.618 bits per heavy atom. The molecular weight excluding hydrogens is 811 g/mol. The molecule has 0 saturated carbocycles. The Balaban J connectivity index is 2.30. The van der Waals surface area contributed by atoms with E-state index in [0.29, 0.717) is 0 Å². The summed E-state index contributed by atoms with van der Waals surface area (Å²) in [4.78, 5) is 0. The van der Waals surface area contributed by atoms with Crippen LogP contribution in [0.4, 0.5) is 87.8 Å². The molecule has 5 aromatic carbocycles. The molecule has 24 heteroatoms. The third-order valence-corrected chi connectivity index (χ3v) is 7.79. The highest BCUT2D eigenvalue weighted by molar-refractivity contribution is 6.33. The minimum absolute atomic E-state index is 0.0295. The fourth-order valence-electron chi connectivity index (χ4n) is 5.55. The van der Waals surface area contributed by atoms with Gasteiger partial charge in [-0.1, -0.05) is 18.2 Å². The summed E-state index contributed by atoms with van der Waals surface area (Å²) >= 11 is 0. The lowest BCUT2D eigenvalue weighted by molar-refractivity contribution is 0.0666. The van der Waals surface area contributed by atoms with Crippen LogP contribution in [0, 0.1) is 116 Å². The van der Waals surface area contributed by atoms with Gasteiger partial charge in [0.25, 0.3) is 0 Å². The van der Waals surface area contributed by atoms with Gasteiger partial charge in [-0.25, -0.2) is 87.8 Å². The molecule has 0 aliphatic rings. The van der Waals surface area contributed by atoms with Crippen LogP contribution in [0.25, 0.3) is 22.3 Å². The second kappa shape index (κ2) is 14.1. The van der Waals surface area contributed by atoms with Crippen molar-refractivity contribution in [2.24, 2.45) is 0 Å². The molecule has 0 unspecified atom stereocenters. The predicted molar refractivity (Wildman–Crippen MR) is 141 cm³/mol. The number of halogens is 20. The second-order valence-corrected chi connectivity index (χ2v) is 10.6. The average Bonchev–Trinajstić information content (AvgIpc) is 3.14. The van der Waals surface area contributed by atoms with Gasteiger partial charge in [-0.15, -0.1) is 0 Å². The van der Waals surface area contributed by atoms with Crippen molar-refractivity contribution >= 4 is 7.32 Å². The molecule has 0 radical (unpaired) electrons. The van der Waals surface area contributed by atoms with Crippen LogP contribution in [0.1, 0.15) is 16.7 Å². The number of hydrogen-bond donors (Lipinski definition) is 2. The van der Waals surface area contributed by atoms with Crippen LogP contribution < -0.4 is 0 Å². The Kier molecular flexibility index (Phi) is 10.4. The summed E-state index contributed by atoms with van der Waals surface area (Å²) in [5.74, 6) is -64.9. The van der Waals surface area contributed by atoms with E-state index in [-0.39, 0.29) is 18.2 Å². The fourth-order valence-corrected chi connectivity index (χ4v) is 5.55. The monoisotopic (exact) mass is 816 g/mol. The van der Waals surface area contributed by atoms with Crippen molar-refractivity contribution in [1.29, 1.82) is 0 Å². The van der Waals surface area contributed by atoms with Crippen molar-refractivity contribution in [1.82, 2.24) is 0 Å². The van der Waals surface area contributed by atoms with Gasteiger partial charge >= 0.3 is 7.32 Å². The van der Waals surface area contributed by atoms with Crippen molar-refractivity contribution in [3.63, 3.8) is 0 Å². The molecule has 5 rings (SSSR count). The minimum Gasteiger partial charge on any atom is -0.402 e. The van der Waals surface area contributed by atoms with Gasteiger partial charge in [0.2, 0.25) is 23.3 Å². The zero-order valence-corrected chi connectivity index (χ0v) is 25.2. The van der Waals surface area contributed by atoms with Crippen LogP contribution in [0.2, 0.25) is 0 Å².